The molecule has 136 valence electrons. The Balaban J connectivity index is 1.55. The second-order valence-electron chi connectivity index (χ2n) is 6.58. The third kappa shape index (κ3) is 4.63. The molecule has 1 saturated heterocycles. The Morgan fingerprint density at radius 2 is 2.00 bits per heavy atom. The maximum atomic E-state index is 12.3. The zero-order chi connectivity index (χ0) is 18.4. The smallest absolute Gasteiger partial charge is 0.315 e. The van der Waals surface area contributed by atoms with Gasteiger partial charge in [-0.2, -0.15) is 5.26 Å². The number of nitrogens with zero attached hydrogens (tertiary/aromatic N) is 2. The van der Waals surface area contributed by atoms with Crippen molar-refractivity contribution in [2.24, 2.45) is 0 Å². The van der Waals surface area contributed by atoms with E-state index in [0.717, 1.165) is 18.7 Å². The van der Waals surface area contributed by atoms with E-state index in [4.69, 9.17) is 5.26 Å². The van der Waals surface area contributed by atoms with Gasteiger partial charge in [-0.1, -0.05) is 18.2 Å². The highest BCUT2D eigenvalue weighted by atomic mass is 32.1. The van der Waals surface area contributed by atoms with Gasteiger partial charge >= 0.3 is 6.03 Å². The summed E-state index contributed by atoms with van der Waals surface area (Å²) in [5, 5.41) is 17.0. The number of nitriles is 1. The average Bonchev–Trinajstić information content (AvgIpc) is 3.36. The summed E-state index contributed by atoms with van der Waals surface area (Å²) in [4.78, 5) is 16.1. The lowest BCUT2D eigenvalue weighted by atomic mass is 10.1. The van der Waals surface area contributed by atoms with Crippen molar-refractivity contribution in [3.8, 4) is 6.07 Å². The summed E-state index contributed by atoms with van der Waals surface area (Å²) in [5.41, 5.74) is 1.60. The molecular weight excluding hydrogens is 344 g/mol. The van der Waals surface area contributed by atoms with Crippen LogP contribution in [-0.2, 0) is 0 Å². The number of nitrogens with one attached hydrogen (secondary N) is 2. The van der Waals surface area contributed by atoms with Crippen LogP contribution in [0.1, 0.15) is 47.9 Å². The second kappa shape index (κ2) is 8.84. The first kappa shape index (κ1) is 18.4. The molecule has 0 radical (unpaired) electrons. The Bertz CT molecular complexity index is 745. The molecule has 2 amide bonds. The van der Waals surface area contributed by atoms with Crippen LogP contribution in [-0.4, -0.2) is 30.6 Å². The number of hydrogen-bond acceptors (Lipinski definition) is 4. The monoisotopic (exact) mass is 368 g/mol. The van der Waals surface area contributed by atoms with E-state index >= 15 is 0 Å². The lowest BCUT2D eigenvalue weighted by Crippen LogP contribution is -2.42. The van der Waals surface area contributed by atoms with Crippen LogP contribution in [0, 0.1) is 11.3 Å². The summed E-state index contributed by atoms with van der Waals surface area (Å²) in [6, 6.07) is 13.6. The topological polar surface area (TPSA) is 68.2 Å². The van der Waals surface area contributed by atoms with E-state index in [9.17, 15) is 4.79 Å². The van der Waals surface area contributed by atoms with Crippen molar-refractivity contribution in [3.05, 3.63) is 57.8 Å². The molecule has 1 fully saturated rings. The molecule has 2 unspecified atom stereocenters. The fourth-order valence-electron chi connectivity index (χ4n) is 3.31. The van der Waals surface area contributed by atoms with Gasteiger partial charge in [0.05, 0.1) is 23.7 Å². The van der Waals surface area contributed by atoms with Crippen LogP contribution in [0.3, 0.4) is 0 Å². The Morgan fingerprint density at radius 1 is 1.27 bits per heavy atom. The first-order valence-electron chi connectivity index (χ1n) is 8.99. The molecule has 2 N–H and O–H groups in total. The Labute approximate surface area is 158 Å². The molecule has 1 aliphatic rings. The fraction of sp³-hybridized carbons (Fsp3) is 0.400. The van der Waals surface area contributed by atoms with E-state index in [1.165, 1.54) is 17.7 Å². The van der Waals surface area contributed by atoms with Crippen molar-refractivity contribution in [1.29, 1.82) is 5.26 Å². The van der Waals surface area contributed by atoms with Gasteiger partial charge in [-0.3, -0.25) is 4.90 Å². The van der Waals surface area contributed by atoms with E-state index < -0.39 is 0 Å². The lowest BCUT2D eigenvalue weighted by Gasteiger charge is -2.27. The number of likely N-dealkylation sites (tertiary alicyclic amines) is 1. The van der Waals surface area contributed by atoms with E-state index in [1.807, 2.05) is 19.1 Å². The van der Waals surface area contributed by atoms with Gasteiger partial charge < -0.3 is 10.6 Å². The summed E-state index contributed by atoms with van der Waals surface area (Å²) in [6.07, 6.45) is 2.45. The third-order valence-electron chi connectivity index (χ3n) is 4.80. The molecule has 6 heteroatoms. The summed E-state index contributed by atoms with van der Waals surface area (Å²) in [5.74, 6) is 0. The summed E-state index contributed by atoms with van der Waals surface area (Å²) >= 11 is 1.74. The Hall–Kier alpha value is -2.36. The van der Waals surface area contributed by atoms with Crippen molar-refractivity contribution < 1.29 is 4.79 Å². The van der Waals surface area contributed by atoms with E-state index in [-0.39, 0.29) is 18.1 Å². The van der Waals surface area contributed by atoms with Crippen LogP contribution >= 0.6 is 11.3 Å². The van der Waals surface area contributed by atoms with E-state index in [1.54, 1.807) is 23.5 Å². The molecule has 1 aromatic heterocycles. The standard InChI is InChI=1S/C20H24N4OS/c1-15(17-8-6-16(13-21)7-9-17)23-20(25)22-14-18(19-5-4-12-26-19)24-10-2-3-11-24/h4-9,12,15,18H,2-3,10-11,14H2,1H3,(H2,22,23,25). The predicted octanol–water partition coefficient (Wildman–Crippen LogP) is 3.82. The molecule has 26 heavy (non-hydrogen) atoms. The van der Waals surface area contributed by atoms with Crippen molar-refractivity contribution in [2.75, 3.05) is 19.6 Å². The number of benzene rings is 1. The van der Waals surface area contributed by atoms with Crippen LogP contribution in [0.25, 0.3) is 0 Å². The number of rotatable bonds is 6. The molecular formula is C20H24N4OS. The zero-order valence-electron chi connectivity index (χ0n) is 14.9. The third-order valence-corrected chi connectivity index (χ3v) is 5.77. The van der Waals surface area contributed by atoms with Crippen LogP contribution in [0.4, 0.5) is 4.79 Å². The first-order chi connectivity index (χ1) is 12.7. The molecule has 2 aromatic rings. The average molecular weight is 369 g/mol. The van der Waals surface area contributed by atoms with Gasteiger partial charge in [-0.25, -0.2) is 4.79 Å². The van der Waals surface area contributed by atoms with E-state index in [0.29, 0.717) is 12.1 Å². The molecule has 0 bridgehead atoms. The summed E-state index contributed by atoms with van der Waals surface area (Å²) in [7, 11) is 0. The summed E-state index contributed by atoms with van der Waals surface area (Å²) in [6.45, 7) is 4.73. The zero-order valence-corrected chi connectivity index (χ0v) is 15.8. The van der Waals surface area contributed by atoms with Crippen LogP contribution in [0.5, 0.6) is 0 Å². The number of urea groups is 1. The maximum absolute atomic E-state index is 12.3. The van der Waals surface area contributed by atoms with Gasteiger partial charge in [-0.05, 0) is 62.0 Å². The number of hydrogen-bond donors (Lipinski definition) is 2. The van der Waals surface area contributed by atoms with Crippen molar-refractivity contribution >= 4 is 17.4 Å². The van der Waals surface area contributed by atoms with Gasteiger partial charge in [0.1, 0.15) is 0 Å². The van der Waals surface area contributed by atoms with Crippen molar-refractivity contribution in [3.63, 3.8) is 0 Å². The molecule has 1 aromatic carbocycles. The molecule has 0 saturated carbocycles. The van der Waals surface area contributed by atoms with Crippen LogP contribution in [0.2, 0.25) is 0 Å². The number of carbonyl (C=O) groups excluding carboxylic acids is 1. The number of thiophene rings is 1. The minimum Gasteiger partial charge on any atom is -0.336 e. The highest BCUT2D eigenvalue weighted by Gasteiger charge is 2.24. The van der Waals surface area contributed by atoms with Gasteiger partial charge in [0.25, 0.3) is 0 Å². The highest BCUT2D eigenvalue weighted by molar-refractivity contribution is 7.10. The molecule has 1 aliphatic heterocycles. The Kier molecular flexibility index (Phi) is 6.26. The van der Waals surface area contributed by atoms with Crippen molar-refractivity contribution in [1.82, 2.24) is 15.5 Å². The largest absolute Gasteiger partial charge is 0.336 e. The lowest BCUT2D eigenvalue weighted by molar-refractivity contribution is 0.220. The highest BCUT2D eigenvalue weighted by Crippen LogP contribution is 2.27. The van der Waals surface area contributed by atoms with Crippen molar-refractivity contribution in [2.45, 2.75) is 31.8 Å². The molecule has 0 spiro atoms. The van der Waals surface area contributed by atoms with Gasteiger partial charge in [0.2, 0.25) is 0 Å². The molecule has 3 rings (SSSR count). The van der Waals surface area contributed by atoms with Gasteiger partial charge in [-0.15, -0.1) is 11.3 Å². The molecule has 2 heterocycles. The van der Waals surface area contributed by atoms with E-state index in [2.05, 4.69) is 39.1 Å². The second-order valence-corrected chi connectivity index (χ2v) is 7.56. The number of amides is 2. The maximum Gasteiger partial charge on any atom is 0.315 e. The SMILES string of the molecule is CC(NC(=O)NCC(c1cccs1)N1CCCC1)c1ccc(C#N)cc1. The minimum atomic E-state index is -0.164. The van der Waals surface area contributed by atoms with Gasteiger partial charge in [0, 0.05) is 11.4 Å². The summed E-state index contributed by atoms with van der Waals surface area (Å²) < 4.78 is 0. The Morgan fingerprint density at radius 3 is 2.62 bits per heavy atom. The molecule has 2 atom stereocenters. The van der Waals surface area contributed by atoms with Crippen LogP contribution in [0.15, 0.2) is 41.8 Å². The normalized spacial score (nSPS) is 16.6. The molecule has 0 aliphatic carbocycles. The number of carbonyl (C=O) groups is 1. The van der Waals surface area contributed by atoms with Crippen LogP contribution < -0.4 is 10.6 Å². The predicted molar refractivity (Wildman–Crippen MR) is 104 cm³/mol. The molecule has 5 nitrogen and oxygen atoms in total. The quantitative estimate of drug-likeness (QED) is 0.814. The minimum absolute atomic E-state index is 0.116. The first-order valence-corrected chi connectivity index (χ1v) is 9.87. The van der Waals surface area contributed by atoms with Gasteiger partial charge in [0.15, 0.2) is 0 Å². The fourth-order valence-corrected chi connectivity index (χ4v) is 4.17.